The van der Waals surface area contributed by atoms with Crippen molar-refractivity contribution in [2.75, 3.05) is 33.2 Å². The van der Waals surface area contributed by atoms with E-state index in [2.05, 4.69) is 25.5 Å². The third-order valence-electron chi connectivity index (χ3n) is 5.95. The molecule has 27 heavy (non-hydrogen) atoms. The zero-order valence-electron chi connectivity index (χ0n) is 16.5. The van der Waals surface area contributed by atoms with Gasteiger partial charge in [0.15, 0.2) is 5.96 Å². The van der Waals surface area contributed by atoms with Crippen LogP contribution in [0, 0.1) is 5.41 Å². The predicted octanol–water partition coefficient (Wildman–Crippen LogP) is 2.82. The van der Waals surface area contributed by atoms with Crippen molar-refractivity contribution in [3.05, 3.63) is 30.1 Å². The van der Waals surface area contributed by atoms with Crippen LogP contribution in [0.4, 0.5) is 0 Å². The fourth-order valence-electron chi connectivity index (χ4n) is 4.56. The first-order valence-electron chi connectivity index (χ1n) is 10.4. The lowest BCUT2D eigenvalue weighted by atomic mass is 9.74. The number of piperidine rings is 1. The molecule has 3 rings (SSSR count). The van der Waals surface area contributed by atoms with E-state index >= 15 is 0 Å². The SMILES string of the molecule is CN=C(NCCNC(=O)c1cccnc1)N1CCCC2(CCCCCC2)C1. The third kappa shape index (κ3) is 5.44. The Morgan fingerprint density at radius 3 is 2.59 bits per heavy atom. The molecule has 1 saturated carbocycles. The summed E-state index contributed by atoms with van der Waals surface area (Å²) in [5, 5.41) is 6.36. The number of pyridine rings is 1. The zero-order chi connectivity index (χ0) is 19.0. The summed E-state index contributed by atoms with van der Waals surface area (Å²) in [6.07, 6.45) is 14.1. The topological polar surface area (TPSA) is 69.6 Å². The highest BCUT2D eigenvalue weighted by atomic mass is 16.1. The minimum atomic E-state index is -0.0877. The van der Waals surface area contributed by atoms with Crippen LogP contribution in [0.2, 0.25) is 0 Å². The molecule has 1 aliphatic heterocycles. The number of carbonyl (C=O) groups excluding carboxylic acids is 1. The second-order valence-corrected chi connectivity index (χ2v) is 7.91. The van der Waals surface area contributed by atoms with Crippen LogP contribution in [-0.2, 0) is 0 Å². The van der Waals surface area contributed by atoms with Crippen molar-refractivity contribution in [2.45, 2.75) is 51.4 Å². The number of aromatic nitrogens is 1. The summed E-state index contributed by atoms with van der Waals surface area (Å²) in [6, 6.07) is 3.54. The Morgan fingerprint density at radius 2 is 1.89 bits per heavy atom. The Hall–Kier alpha value is -2.11. The lowest BCUT2D eigenvalue weighted by molar-refractivity contribution is 0.0953. The lowest BCUT2D eigenvalue weighted by Gasteiger charge is -2.44. The van der Waals surface area contributed by atoms with Gasteiger partial charge in [0.1, 0.15) is 0 Å². The average Bonchev–Trinajstić information content (AvgIpc) is 2.94. The van der Waals surface area contributed by atoms with Gasteiger partial charge in [-0.3, -0.25) is 14.8 Å². The fourth-order valence-corrected chi connectivity index (χ4v) is 4.56. The normalized spacial score (nSPS) is 20.2. The van der Waals surface area contributed by atoms with Gasteiger partial charge in [0, 0.05) is 45.6 Å². The molecule has 6 heteroatoms. The van der Waals surface area contributed by atoms with E-state index in [1.54, 1.807) is 24.5 Å². The monoisotopic (exact) mass is 371 g/mol. The first-order valence-corrected chi connectivity index (χ1v) is 10.4. The minimum Gasteiger partial charge on any atom is -0.354 e. The maximum Gasteiger partial charge on any atom is 0.252 e. The van der Waals surface area contributed by atoms with Gasteiger partial charge in [-0.1, -0.05) is 25.7 Å². The van der Waals surface area contributed by atoms with E-state index in [1.165, 1.54) is 51.4 Å². The maximum atomic E-state index is 12.1. The number of hydrogen-bond acceptors (Lipinski definition) is 3. The molecule has 0 bridgehead atoms. The van der Waals surface area contributed by atoms with E-state index in [0.717, 1.165) is 19.0 Å². The highest BCUT2D eigenvalue weighted by molar-refractivity contribution is 5.93. The quantitative estimate of drug-likeness (QED) is 0.485. The zero-order valence-corrected chi connectivity index (χ0v) is 16.5. The van der Waals surface area contributed by atoms with Crippen molar-refractivity contribution in [3.63, 3.8) is 0 Å². The Labute approximate surface area is 162 Å². The molecule has 0 aromatic carbocycles. The molecule has 1 spiro atoms. The van der Waals surface area contributed by atoms with Crippen molar-refractivity contribution in [2.24, 2.45) is 10.4 Å². The molecule has 1 aliphatic carbocycles. The fraction of sp³-hybridized carbons (Fsp3) is 0.667. The molecule has 0 atom stereocenters. The van der Waals surface area contributed by atoms with E-state index in [-0.39, 0.29) is 5.91 Å². The van der Waals surface area contributed by atoms with Crippen molar-refractivity contribution in [1.82, 2.24) is 20.5 Å². The van der Waals surface area contributed by atoms with E-state index in [0.29, 0.717) is 24.1 Å². The molecule has 6 nitrogen and oxygen atoms in total. The number of carbonyl (C=O) groups is 1. The van der Waals surface area contributed by atoms with Gasteiger partial charge in [-0.25, -0.2) is 0 Å². The number of guanidine groups is 1. The molecule has 2 heterocycles. The van der Waals surface area contributed by atoms with E-state index in [1.807, 2.05) is 7.05 Å². The Bertz CT molecular complexity index is 623. The van der Waals surface area contributed by atoms with E-state index in [9.17, 15) is 4.79 Å². The van der Waals surface area contributed by atoms with Crippen molar-refractivity contribution in [3.8, 4) is 0 Å². The molecule has 1 aromatic heterocycles. The highest BCUT2D eigenvalue weighted by Gasteiger charge is 2.36. The van der Waals surface area contributed by atoms with Gasteiger partial charge in [-0.05, 0) is 43.2 Å². The predicted molar refractivity (Wildman–Crippen MR) is 109 cm³/mol. The van der Waals surface area contributed by atoms with E-state index < -0.39 is 0 Å². The number of nitrogens with one attached hydrogen (secondary N) is 2. The first-order chi connectivity index (χ1) is 13.2. The molecular weight excluding hydrogens is 338 g/mol. The number of rotatable bonds is 4. The summed E-state index contributed by atoms with van der Waals surface area (Å²) in [5.41, 5.74) is 1.08. The molecule has 1 saturated heterocycles. The number of amides is 1. The smallest absolute Gasteiger partial charge is 0.252 e. The molecular formula is C21H33N5O. The van der Waals surface area contributed by atoms with Crippen LogP contribution in [0.3, 0.4) is 0 Å². The second kappa shape index (κ2) is 9.72. The van der Waals surface area contributed by atoms with Crippen LogP contribution in [0.5, 0.6) is 0 Å². The molecule has 148 valence electrons. The van der Waals surface area contributed by atoms with Gasteiger partial charge in [-0.2, -0.15) is 0 Å². The molecule has 2 aliphatic rings. The van der Waals surface area contributed by atoms with Crippen LogP contribution in [0.25, 0.3) is 0 Å². The molecule has 0 radical (unpaired) electrons. The number of aliphatic imine (C=N–C) groups is 1. The average molecular weight is 372 g/mol. The summed E-state index contributed by atoms with van der Waals surface area (Å²) in [6.45, 7) is 3.42. The number of hydrogen-bond donors (Lipinski definition) is 2. The molecule has 2 fully saturated rings. The standard InChI is InChI=1S/C21H33N5O/c1-22-20(25-14-13-24-19(27)18-8-6-12-23-16-18)26-15-7-11-21(17-26)9-4-2-3-5-10-21/h6,8,12,16H,2-5,7,9-11,13-15,17H2,1H3,(H,22,25)(H,24,27). The van der Waals surface area contributed by atoms with E-state index in [4.69, 9.17) is 0 Å². The summed E-state index contributed by atoms with van der Waals surface area (Å²) in [4.78, 5) is 23.0. The van der Waals surface area contributed by atoms with Gasteiger partial charge in [-0.15, -0.1) is 0 Å². The Morgan fingerprint density at radius 1 is 1.15 bits per heavy atom. The van der Waals surface area contributed by atoms with Gasteiger partial charge in [0.2, 0.25) is 0 Å². The summed E-state index contributed by atoms with van der Waals surface area (Å²) in [7, 11) is 1.85. The van der Waals surface area contributed by atoms with Crippen LogP contribution in [0.15, 0.2) is 29.5 Å². The van der Waals surface area contributed by atoms with Crippen molar-refractivity contribution < 1.29 is 4.79 Å². The molecule has 0 unspecified atom stereocenters. The minimum absolute atomic E-state index is 0.0877. The Kier molecular flexibility index (Phi) is 7.07. The van der Waals surface area contributed by atoms with Gasteiger partial charge < -0.3 is 15.5 Å². The van der Waals surface area contributed by atoms with Gasteiger partial charge in [0.05, 0.1) is 5.56 Å². The maximum absolute atomic E-state index is 12.1. The van der Waals surface area contributed by atoms with Gasteiger partial charge in [0.25, 0.3) is 5.91 Å². The Balaban J connectivity index is 1.46. The highest BCUT2D eigenvalue weighted by Crippen LogP contribution is 2.42. The van der Waals surface area contributed by atoms with Crippen LogP contribution >= 0.6 is 0 Å². The summed E-state index contributed by atoms with van der Waals surface area (Å²) >= 11 is 0. The number of nitrogens with zero attached hydrogens (tertiary/aromatic N) is 3. The molecule has 2 N–H and O–H groups in total. The van der Waals surface area contributed by atoms with Gasteiger partial charge >= 0.3 is 0 Å². The number of likely N-dealkylation sites (tertiary alicyclic amines) is 1. The molecule has 1 amide bonds. The summed E-state index contributed by atoms with van der Waals surface area (Å²) in [5.74, 6) is 0.879. The largest absolute Gasteiger partial charge is 0.354 e. The third-order valence-corrected chi connectivity index (χ3v) is 5.95. The summed E-state index contributed by atoms with van der Waals surface area (Å²) < 4.78 is 0. The van der Waals surface area contributed by atoms with Crippen molar-refractivity contribution in [1.29, 1.82) is 0 Å². The second-order valence-electron chi connectivity index (χ2n) is 7.91. The van der Waals surface area contributed by atoms with Crippen molar-refractivity contribution >= 4 is 11.9 Å². The lowest BCUT2D eigenvalue weighted by Crippen LogP contribution is -2.51. The first kappa shape index (κ1) is 19.6. The van der Waals surface area contributed by atoms with Crippen LogP contribution in [0.1, 0.15) is 61.7 Å². The molecule has 1 aromatic rings. The van der Waals surface area contributed by atoms with Crippen LogP contribution < -0.4 is 10.6 Å². The van der Waals surface area contributed by atoms with Crippen LogP contribution in [-0.4, -0.2) is 55.0 Å².